The highest BCUT2D eigenvalue weighted by Gasteiger charge is 2.19. The van der Waals surface area contributed by atoms with Crippen molar-refractivity contribution >= 4 is 17.9 Å². The average molecular weight is 1070 g/mol. The maximum atomic E-state index is 12.9. The first kappa shape index (κ1) is 72.8. The van der Waals surface area contributed by atoms with Gasteiger partial charge in [0.2, 0.25) is 0 Å². The van der Waals surface area contributed by atoms with Gasteiger partial charge in [0, 0.05) is 19.3 Å². The summed E-state index contributed by atoms with van der Waals surface area (Å²) in [7, 11) is 0. The van der Waals surface area contributed by atoms with Crippen LogP contribution in [0.4, 0.5) is 0 Å². The summed E-state index contributed by atoms with van der Waals surface area (Å²) in [5.41, 5.74) is 0. The molecule has 438 valence electrons. The molecule has 0 aromatic heterocycles. The lowest BCUT2D eigenvalue weighted by Gasteiger charge is -2.18. The third-order valence-corrected chi connectivity index (χ3v) is 13.5. The van der Waals surface area contributed by atoms with Gasteiger partial charge in [-0.3, -0.25) is 14.4 Å². The Hall–Kier alpha value is -4.19. The van der Waals surface area contributed by atoms with Crippen LogP contribution in [0.5, 0.6) is 0 Å². The number of hydrogen-bond acceptors (Lipinski definition) is 6. The van der Waals surface area contributed by atoms with Crippen molar-refractivity contribution in [3.63, 3.8) is 0 Å². The summed E-state index contributed by atoms with van der Waals surface area (Å²) in [5.74, 6) is -0.912. The van der Waals surface area contributed by atoms with Crippen molar-refractivity contribution in [1.82, 2.24) is 0 Å². The van der Waals surface area contributed by atoms with Gasteiger partial charge in [-0.15, -0.1) is 0 Å². The van der Waals surface area contributed by atoms with Crippen LogP contribution in [0, 0.1) is 0 Å². The molecule has 77 heavy (non-hydrogen) atoms. The Balaban J connectivity index is 4.26. The van der Waals surface area contributed by atoms with E-state index in [1.165, 1.54) is 116 Å². The molecule has 6 nitrogen and oxygen atoms in total. The molecule has 1 atom stereocenters. The fourth-order valence-corrected chi connectivity index (χ4v) is 8.73. The molecule has 0 saturated heterocycles. The Morgan fingerprint density at radius 1 is 0.273 bits per heavy atom. The lowest BCUT2D eigenvalue weighted by Crippen LogP contribution is -2.30. The number of carbonyl (C=O) groups excluding carboxylic acids is 3. The van der Waals surface area contributed by atoms with E-state index in [4.69, 9.17) is 14.2 Å². The number of rotatable bonds is 57. The monoisotopic (exact) mass is 1070 g/mol. The van der Waals surface area contributed by atoms with Gasteiger partial charge in [0.25, 0.3) is 0 Å². The molecule has 0 aliphatic rings. The smallest absolute Gasteiger partial charge is 0.306 e. The minimum atomic E-state index is -0.793. The highest BCUT2D eigenvalue weighted by molar-refractivity contribution is 5.71. The Morgan fingerprint density at radius 3 is 0.792 bits per heavy atom. The fourth-order valence-electron chi connectivity index (χ4n) is 8.73. The van der Waals surface area contributed by atoms with Crippen LogP contribution in [-0.2, 0) is 28.6 Å². The number of allylic oxidation sites excluding steroid dienone is 20. The van der Waals surface area contributed by atoms with Crippen LogP contribution in [0.2, 0.25) is 0 Å². The average Bonchev–Trinajstić information content (AvgIpc) is 3.43. The molecule has 0 aliphatic carbocycles. The first-order chi connectivity index (χ1) is 38.0. The molecule has 0 rings (SSSR count). The molecule has 6 heteroatoms. The van der Waals surface area contributed by atoms with Crippen molar-refractivity contribution in [1.29, 1.82) is 0 Å². The lowest BCUT2D eigenvalue weighted by atomic mass is 10.0. The van der Waals surface area contributed by atoms with Crippen LogP contribution in [-0.4, -0.2) is 37.2 Å². The van der Waals surface area contributed by atoms with Crippen LogP contribution in [0.25, 0.3) is 0 Å². The molecule has 0 N–H and O–H groups in total. The predicted octanol–water partition coefficient (Wildman–Crippen LogP) is 22.0. The third-order valence-electron chi connectivity index (χ3n) is 13.5. The van der Waals surface area contributed by atoms with Gasteiger partial charge in [0.15, 0.2) is 6.10 Å². The molecule has 0 spiro atoms. The molecule has 0 amide bonds. The van der Waals surface area contributed by atoms with Crippen LogP contribution in [0.3, 0.4) is 0 Å². The van der Waals surface area contributed by atoms with E-state index in [-0.39, 0.29) is 31.1 Å². The van der Waals surface area contributed by atoms with E-state index < -0.39 is 6.10 Å². The molecule has 0 aromatic rings. The van der Waals surface area contributed by atoms with Crippen molar-refractivity contribution in [2.45, 2.75) is 297 Å². The molecule has 0 radical (unpaired) electrons. The summed E-state index contributed by atoms with van der Waals surface area (Å²) in [6.45, 7) is 6.39. The predicted molar refractivity (Wildman–Crippen MR) is 334 cm³/mol. The van der Waals surface area contributed by atoms with E-state index in [2.05, 4.69) is 142 Å². The van der Waals surface area contributed by atoms with Crippen molar-refractivity contribution in [3.05, 3.63) is 122 Å². The van der Waals surface area contributed by atoms with Crippen LogP contribution >= 0.6 is 0 Å². The van der Waals surface area contributed by atoms with Crippen molar-refractivity contribution in [2.24, 2.45) is 0 Å². The summed E-state index contributed by atoms with van der Waals surface area (Å²) in [6.07, 6.45) is 89.3. The van der Waals surface area contributed by atoms with Gasteiger partial charge in [0.1, 0.15) is 13.2 Å². The molecule has 0 bridgehead atoms. The second kappa shape index (κ2) is 64.3. The second-order valence-electron chi connectivity index (χ2n) is 20.9. The van der Waals surface area contributed by atoms with Crippen molar-refractivity contribution in [2.75, 3.05) is 13.2 Å². The van der Waals surface area contributed by atoms with Crippen LogP contribution in [0.1, 0.15) is 290 Å². The Morgan fingerprint density at radius 2 is 0.506 bits per heavy atom. The molecular formula is C71H118O6. The van der Waals surface area contributed by atoms with Gasteiger partial charge in [-0.25, -0.2) is 0 Å². The van der Waals surface area contributed by atoms with Crippen LogP contribution in [0.15, 0.2) is 122 Å². The maximum absolute atomic E-state index is 12.9. The number of carbonyl (C=O) groups is 3. The first-order valence-corrected chi connectivity index (χ1v) is 32.0. The minimum absolute atomic E-state index is 0.0883. The van der Waals surface area contributed by atoms with Gasteiger partial charge >= 0.3 is 17.9 Å². The number of unbranched alkanes of at least 4 members (excludes halogenated alkanes) is 26. The quantitative estimate of drug-likeness (QED) is 0.0261. The Bertz CT molecular complexity index is 1600. The fraction of sp³-hybridized carbons (Fsp3) is 0.676. The van der Waals surface area contributed by atoms with Crippen LogP contribution < -0.4 is 0 Å². The van der Waals surface area contributed by atoms with Crippen molar-refractivity contribution in [3.8, 4) is 0 Å². The number of ether oxygens (including phenoxy) is 3. The minimum Gasteiger partial charge on any atom is -0.462 e. The summed E-state index contributed by atoms with van der Waals surface area (Å²) in [6, 6.07) is 0. The highest BCUT2D eigenvalue weighted by Crippen LogP contribution is 2.16. The zero-order valence-electron chi connectivity index (χ0n) is 50.2. The number of hydrogen-bond donors (Lipinski definition) is 0. The van der Waals surface area contributed by atoms with E-state index in [0.717, 1.165) is 135 Å². The zero-order valence-corrected chi connectivity index (χ0v) is 50.2. The Kier molecular flexibility index (Phi) is 60.8. The molecule has 0 aromatic carbocycles. The molecule has 0 saturated carbocycles. The SMILES string of the molecule is CC/C=C\C/C=C\C/C=C\C/C=C\C/C=C\C/C=C\CCCCCCC(=O)OC(COC(=O)CCCCCCCCCCC)COC(=O)CCCCCCCCCCCCCCCC/C=C\C/C=C\C/C=C\C/C=C\CC. The lowest BCUT2D eigenvalue weighted by molar-refractivity contribution is -0.167. The van der Waals surface area contributed by atoms with E-state index >= 15 is 0 Å². The normalized spacial score (nSPS) is 12.9. The number of esters is 3. The topological polar surface area (TPSA) is 78.9 Å². The third kappa shape index (κ3) is 62.5. The summed E-state index contributed by atoms with van der Waals surface area (Å²) in [5, 5.41) is 0. The molecule has 0 fully saturated rings. The summed E-state index contributed by atoms with van der Waals surface area (Å²) in [4.78, 5) is 38.2. The maximum Gasteiger partial charge on any atom is 0.306 e. The summed E-state index contributed by atoms with van der Waals surface area (Å²) >= 11 is 0. The van der Waals surface area contributed by atoms with E-state index in [0.29, 0.717) is 19.3 Å². The molecular weight excluding hydrogens is 949 g/mol. The van der Waals surface area contributed by atoms with Crippen molar-refractivity contribution < 1.29 is 28.6 Å². The van der Waals surface area contributed by atoms with Gasteiger partial charge in [0.05, 0.1) is 0 Å². The largest absolute Gasteiger partial charge is 0.462 e. The Labute approximate surface area is 475 Å². The van der Waals surface area contributed by atoms with Gasteiger partial charge in [-0.2, -0.15) is 0 Å². The van der Waals surface area contributed by atoms with E-state index in [9.17, 15) is 14.4 Å². The summed E-state index contributed by atoms with van der Waals surface area (Å²) < 4.78 is 16.9. The van der Waals surface area contributed by atoms with Gasteiger partial charge in [-0.05, 0) is 109 Å². The molecule has 0 aliphatic heterocycles. The van der Waals surface area contributed by atoms with Gasteiger partial charge < -0.3 is 14.2 Å². The zero-order chi connectivity index (χ0) is 55.7. The van der Waals surface area contributed by atoms with E-state index in [1.54, 1.807) is 0 Å². The highest BCUT2D eigenvalue weighted by atomic mass is 16.6. The standard InChI is InChI=1S/C71H118O6/c1-4-7-10-13-16-19-21-23-25-27-29-31-33-34-35-36-38-39-41-43-45-47-49-52-55-58-61-64-70(73)76-67-68(66-75-69(72)63-60-57-54-51-18-15-12-9-6-3)77-71(74)65-62-59-56-53-50-48-46-44-42-40-37-32-30-28-26-24-22-20-17-14-11-8-5-2/h7-8,10-11,16-17,19-20,23-26,29-32,40,42,46,48,68H,4-6,9,12-15,18,21-22,27-28,33-39,41,43-45,47,49-67H2,1-3H3/b10-7-,11-8-,19-16-,20-17-,25-23-,26-24-,31-29-,32-30-,42-40-,48-46-. The van der Waals surface area contributed by atoms with E-state index in [1.807, 2.05) is 0 Å². The first-order valence-electron chi connectivity index (χ1n) is 32.0. The molecule has 1 unspecified atom stereocenters. The second-order valence-corrected chi connectivity index (χ2v) is 20.9. The van der Waals surface area contributed by atoms with Gasteiger partial charge in [-0.1, -0.05) is 284 Å². The molecule has 0 heterocycles.